The van der Waals surface area contributed by atoms with Gasteiger partial charge < -0.3 is 0 Å². The molecule has 0 fully saturated rings. The molecule has 200 valence electrons. The molecule has 43 heavy (non-hydrogen) atoms. The first kappa shape index (κ1) is 23.4. The molecule has 0 bridgehead atoms. The summed E-state index contributed by atoms with van der Waals surface area (Å²) < 4.78 is 0. The molecule has 2 aliphatic rings. The van der Waals surface area contributed by atoms with Gasteiger partial charge in [-0.05, 0) is 98.7 Å². The average Bonchev–Trinajstić information content (AvgIpc) is 3.41. The van der Waals surface area contributed by atoms with Crippen molar-refractivity contribution in [2.75, 3.05) is 0 Å². The second-order valence-electron chi connectivity index (χ2n) is 12.4. The molecule has 0 radical (unpaired) electrons. The third-order valence-electron chi connectivity index (χ3n) is 10.2. The lowest BCUT2D eigenvalue weighted by molar-refractivity contribution is 0.668. The summed E-state index contributed by atoms with van der Waals surface area (Å²) >= 11 is 0. The zero-order chi connectivity index (χ0) is 28.2. The summed E-state index contributed by atoms with van der Waals surface area (Å²) in [5.41, 5.74) is 11.2. The molecular formula is C43H28. The van der Waals surface area contributed by atoms with Gasteiger partial charge in [0.15, 0.2) is 0 Å². The van der Waals surface area contributed by atoms with Crippen molar-refractivity contribution in [1.82, 2.24) is 0 Å². The SMILES string of the molecule is CC1C=c2c3cccc4cccc(c5ccc6c(c25)C1c1c-6c(-c2ccccc2)c2ccccc2c1-c1ccccc1)c43. The smallest absolute Gasteiger partial charge is 0.0175 e. The van der Waals surface area contributed by atoms with Crippen molar-refractivity contribution >= 4 is 49.2 Å². The monoisotopic (exact) mass is 544 g/mol. The summed E-state index contributed by atoms with van der Waals surface area (Å²) in [5.74, 6) is 0.640. The first-order valence-electron chi connectivity index (χ1n) is 15.4. The van der Waals surface area contributed by atoms with Crippen LogP contribution in [0.5, 0.6) is 0 Å². The van der Waals surface area contributed by atoms with Crippen LogP contribution in [-0.2, 0) is 0 Å². The van der Waals surface area contributed by atoms with E-state index in [-0.39, 0.29) is 5.92 Å². The fourth-order valence-corrected chi connectivity index (χ4v) is 8.67. The molecule has 0 amide bonds. The van der Waals surface area contributed by atoms with Gasteiger partial charge in [-0.1, -0.05) is 146 Å². The van der Waals surface area contributed by atoms with Gasteiger partial charge in [0.05, 0.1) is 0 Å². The normalized spacial score (nSPS) is 16.7. The van der Waals surface area contributed by atoms with Crippen LogP contribution in [-0.4, -0.2) is 0 Å². The lowest BCUT2D eigenvalue weighted by atomic mass is 9.74. The van der Waals surface area contributed by atoms with E-state index in [1.807, 2.05) is 0 Å². The Kier molecular flexibility index (Phi) is 4.58. The topological polar surface area (TPSA) is 0 Å². The van der Waals surface area contributed by atoms with Crippen LogP contribution in [0.15, 0.2) is 133 Å². The van der Waals surface area contributed by atoms with Crippen molar-refractivity contribution in [2.45, 2.75) is 12.8 Å². The van der Waals surface area contributed by atoms with E-state index >= 15 is 0 Å². The minimum absolute atomic E-state index is 0.287. The molecule has 2 atom stereocenters. The van der Waals surface area contributed by atoms with Crippen molar-refractivity contribution in [1.29, 1.82) is 0 Å². The van der Waals surface area contributed by atoms with Gasteiger partial charge in [-0.15, -0.1) is 0 Å². The van der Waals surface area contributed by atoms with Gasteiger partial charge in [-0.2, -0.15) is 0 Å². The van der Waals surface area contributed by atoms with Crippen LogP contribution in [0.3, 0.4) is 0 Å². The van der Waals surface area contributed by atoms with E-state index < -0.39 is 0 Å². The van der Waals surface area contributed by atoms with Crippen LogP contribution in [0, 0.1) is 5.92 Å². The van der Waals surface area contributed by atoms with Crippen LogP contribution in [0.4, 0.5) is 0 Å². The van der Waals surface area contributed by atoms with Crippen LogP contribution in [0.25, 0.3) is 82.5 Å². The van der Waals surface area contributed by atoms with E-state index in [1.54, 1.807) is 0 Å². The molecule has 0 N–H and O–H groups in total. The maximum atomic E-state index is 2.59. The van der Waals surface area contributed by atoms with E-state index in [1.165, 1.54) is 92.8 Å². The summed E-state index contributed by atoms with van der Waals surface area (Å²) in [4.78, 5) is 0. The number of fused-ring (bicyclic) bond motifs is 6. The molecule has 0 spiro atoms. The predicted molar refractivity (Wildman–Crippen MR) is 183 cm³/mol. The van der Waals surface area contributed by atoms with Gasteiger partial charge in [0.2, 0.25) is 0 Å². The minimum Gasteiger partial charge on any atom is -0.0722 e. The largest absolute Gasteiger partial charge is 0.0722 e. The van der Waals surface area contributed by atoms with Gasteiger partial charge >= 0.3 is 0 Å². The lowest BCUT2D eigenvalue weighted by Crippen LogP contribution is -2.20. The summed E-state index contributed by atoms with van der Waals surface area (Å²) in [6, 6.07) is 49.8. The van der Waals surface area contributed by atoms with Crippen LogP contribution >= 0.6 is 0 Å². The Balaban J connectivity index is 1.46. The van der Waals surface area contributed by atoms with Gasteiger partial charge in [0.1, 0.15) is 0 Å². The summed E-state index contributed by atoms with van der Waals surface area (Å²) in [6.45, 7) is 2.44. The Bertz CT molecular complexity index is 2500. The highest BCUT2D eigenvalue weighted by Gasteiger charge is 2.40. The Morgan fingerprint density at radius 3 is 1.72 bits per heavy atom. The van der Waals surface area contributed by atoms with Gasteiger partial charge in [-0.25, -0.2) is 0 Å². The highest BCUT2D eigenvalue weighted by atomic mass is 14.4. The molecule has 10 rings (SSSR count). The van der Waals surface area contributed by atoms with E-state index in [4.69, 9.17) is 0 Å². The first-order chi connectivity index (χ1) is 21.3. The highest BCUT2D eigenvalue weighted by Crippen LogP contribution is 2.60. The number of benzene rings is 8. The second kappa shape index (κ2) is 8.43. The number of hydrogen-bond acceptors (Lipinski definition) is 0. The molecule has 8 aromatic rings. The van der Waals surface area contributed by atoms with Gasteiger partial charge in [0.25, 0.3) is 0 Å². The molecule has 0 aliphatic heterocycles. The average molecular weight is 545 g/mol. The Hall–Kier alpha value is -5.20. The zero-order valence-corrected chi connectivity index (χ0v) is 23.9. The molecule has 0 aromatic heterocycles. The molecule has 2 unspecified atom stereocenters. The maximum Gasteiger partial charge on any atom is 0.0175 e. The summed E-state index contributed by atoms with van der Waals surface area (Å²) in [5, 5.41) is 12.4. The van der Waals surface area contributed by atoms with Crippen LogP contribution in [0.1, 0.15) is 24.0 Å². The zero-order valence-electron chi connectivity index (χ0n) is 23.9. The predicted octanol–water partition coefficient (Wildman–Crippen LogP) is 10.9. The summed E-state index contributed by atoms with van der Waals surface area (Å²) in [6.07, 6.45) is 2.59. The molecule has 0 heteroatoms. The minimum atomic E-state index is 0.287. The molecular weight excluding hydrogens is 516 g/mol. The molecule has 0 saturated heterocycles. The van der Waals surface area contributed by atoms with Crippen LogP contribution in [0.2, 0.25) is 0 Å². The maximum absolute atomic E-state index is 2.59. The van der Waals surface area contributed by atoms with Crippen molar-refractivity contribution in [3.05, 3.63) is 150 Å². The van der Waals surface area contributed by atoms with E-state index in [0.717, 1.165) is 0 Å². The number of rotatable bonds is 2. The Morgan fingerprint density at radius 2 is 1.00 bits per heavy atom. The fraction of sp³-hybridized carbons (Fsp3) is 0.0698. The number of hydrogen-bond donors (Lipinski definition) is 0. The quantitative estimate of drug-likeness (QED) is 0.150. The Labute approximate surface area is 250 Å². The molecule has 0 nitrogen and oxygen atoms in total. The van der Waals surface area contributed by atoms with Gasteiger partial charge in [-0.3, -0.25) is 0 Å². The molecule has 8 aromatic carbocycles. The molecule has 2 aliphatic carbocycles. The lowest BCUT2D eigenvalue weighted by Gasteiger charge is -2.28. The van der Waals surface area contributed by atoms with Gasteiger partial charge in [0, 0.05) is 5.92 Å². The molecule has 0 saturated carbocycles. The van der Waals surface area contributed by atoms with E-state index in [9.17, 15) is 0 Å². The Morgan fingerprint density at radius 1 is 0.419 bits per heavy atom. The first-order valence-corrected chi connectivity index (χ1v) is 15.4. The van der Waals surface area contributed by atoms with Crippen molar-refractivity contribution in [2.24, 2.45) is 5.92 Å². The fourth-order valence-electron chi connectivity index (χ4n) is 8.67. The van der Waals surface area contributed by atoms with Crippen molar-refractivity contribution in [3.63, 3.8) is 0 Å². The van der Waals surface area contributed by atoms with E-state index in [2.05, 4.69) is 146 Å². The van der Waals surface area contributed by atoms with Crippen molar-refractivity contribution in [3.8, 4) is 33.4 Å². The van der Waals surface area contributed by atoms with Crippen molar-refractivity contribution < 1.29 is 0 Å². The summed E-state index contributed by atoms with van der Waals surface area (Å²) in [7, 11) is 0. The standard InChI is InChI=1S/C43H28/c1-25-24-35-32-21-11-17-26-16-10-20-29(37(26)32)33-22-23-34-41(40(33)35)36(25)43-39(28-14-6-3-7-15-28)31-19-9-8-18-30(31)38(42(34)43)27-12-4-2-5-13-27/h2-25,36H,1H3. The highest BCUT2D eigenvalue weighted by molar-refractivity contribution is 6.24. The second-order valence-corrected chi connectivity index (χ2v) is 12.4. The molecule has 0 heterocycles. The third-order valence-corrected chi connectivity index (χ3v) is 10.2. The van der Waals surface area contributed by atoms with Crippen LogP contribution < -0.4 is 5.22 Å². The third kappa shape index (κ3) is 2.96. The van der Waals surface area contributed by atoms with E-state index in [0.29, 0.717) is 5.92 Å².